The summed E-state index contributed by atoms with van der Waals surface area (Å²) in [6.45, 7) is 6.07. The largest absolute Gasteiger partial charge is 0.379 e. The molecule has 1 aromatic carbocycles. The van der Waals surface area contributed by atoms with E-state index in [1.807, 2.05) is 6.07 Å². The number of nitro groups is 1. The van der Waals surface area contributed by atoms with Crippen LogP contribution in [0.4, 0.5) is 5.69 Å². The molecule has 0 bridgehead atoms. The van der Waals surface area contributed by atoms with Gasteiger partial charge in [-0.05, 0) is 12.0 Å². The van der Waals surface area contributed by atoms with Crippen molar-refractivity contribution < 1.29 is 9.66 Å². The van der Waals surface area contributed by atoms with Gasteiger partial charge in [0.25, 0.3) is 5.69 Å². The van der Waals surface area contributed by atoms with Crippen molar-refractivity contribution in [3.8, 4) is 0 Å². The lowest BCUT2D eigenvalue weighted by atomic mass is 10.2. The maximum atomic E-state index is 10.9. The highest BCUT2D eigenvalue weighted by Crippen LogP contribution is 2.17. The molecule has 2 aliphatic rings. The minimum atomic E-state index is -0.369. The van der Waals surface area contributed by atoms with Crippen LogP contribution >= 0.6 is 0 Å². The molecule has 25 heavy (non-hydrogen) atoms. The molecule has 8 nitrogen and oxygen atoms in total. The van der Waals surface area contributed by atoms with Gasteiger partial charge in [0.05, 0.1) is 18.1 Å². The summed E-state index contributed by atoms with van der Waals surface area (Å²) in [6.07, 6.45) is 1.12. The lowest BCUT2D eigenvalue weighted by molar-refractivity contribution is -0.384. The standard InChI is InChI=1S/C17H25N5O3/c1-18-17(19-12-14-3-2-4-15(11-14)22(23)24)21-6-5-16(13-21)20-7-9-25-10-8-20/h2-4,11,16H,5-10,12-13H2,1H3,(H,18,19). The Labute approximate surface area is 147 Å². The van der Waals surface area contributed by atoms with Crippen LogP contribution in [0.25, 0.3) is 0 Å². The zero-order valence-electron chi connectivity index (χ0n) is 14.6. The van der Waals surface area contributed by atoms with Crippen molar-refractivity contribution in [2.75, 3.05) is 46.4 Å². The van der Waals surface area contributed by atoms with Crippen LogP contribution in [0.1, 0.15) is 12.0 Å². The predicted octanol–water partition coefficient (Wildman–Crippen LogP) is 1.08. The number of nitrogens with one attached hydrogen (secondary N) is 1. The van der Waals surface area contributed by atoms with Gasteiger partial charge >= 0.3 is 0 Å². The van der Waals surface area contributed by atoms with Crippen molar-refractivity contribution in [2.45, 2.75) is 19.0 Å². The number of hydrogen-bond donors (Lipinski definition) is 1. The molecular weight excluding hydrogens is 322 g/mol. The summed E-state index contributed by atoms with van der Waals surface area (Å²) in [4.78, 5) is 19.6. The van der Waals surface area contributed by atoms with E-state index >= 15 is 0 Å². The summed E-state index contributed by atoms with van der Waals surface area (Å²) in [7, 11) is 1.78. The van der Waals surface area contributed by atoms with Crippen LogP contribution in [-0.2, 0) is 11.3 Å². The molecule has 1 aromatic rings. The molecule has 3 rings (SSSR count). The fourth-order valence-electron chi connectivity index (χ4n) is 3.47. The number of nitrogens with zero attached hydrogens (tertiary/aromatic N) is 4. The quantitative estimate of drug-likeness (QED) is 0.380. The van der Waals surface area contributed by atoms with Gasteiger partial charge in [-0.15, -0.1) is 0 Å². The second-order valence-corrected chi connectivity index (χ2v) is 6.36. The van der Waals surface area contributed by atoms with Gasteiger partial charge in [-0.2, -0.15) is 0 Å². The summed E-state index contributed by atoms with van der Waals surface area (Å²) < 4.78 is 5.43. The molecule has 2 saturated heterocycles. The van der Waals surface area contributed by atoms with Gasteiger partial charge in [0.2, 0.25) is 0 Å². The molecule has 2 heterocycles. The number of benzene rings is 1. The van der Waals surface area contributed by atoms with Gasteiger partial charge in [-0.25, -0.2) is 0 Å². The van der Waals surface area contributed by atoms with Crippen molar-refractivity contribution >= 4 is 11.6 Å². The number of likely N-dealkylation sites (tertiary alicyclic amines) is 1. The van der Waals surface area contributed by atoms with Crippen molar-refractivity contribution in [2.24, 2.45) is 4.99 Å². The summed E-state index contributed by atoms with van der Waals surface area (Å²) in [5.41, 5.74) is 0.988. The van der Waals surface area contributed by atoms with E-state index in [1.165, 1.54) is 6.07 Å². The Balaban J connectivity index is 1.54. The maximum absolute atomic E-state index is 10.9. The zero-order valence-corrected chi connectivity index (χ0v) is 14.6. The van der Waals surface area contributed by atoms with Crippen LogP contribution in [0.5, 0.6) is 0 Å². The number of hydrogen-bond acceptors (Lipinski definition) is 5. The highest BCUT2D eigenvalue weighted by Gasteiger charge is 2.30. The average molecular weight is 347 g/mol. The molecule has 0 spiro atoms. The predicted molar refractivity (Wildman–Crippen MR) is 95.7 cm³/mol. The van der Waals surface area contributed by atoms with Crippen LogP contribution in [0.3, 0.4) is 0 Å². The Hall–Kier alpha value is -2.19. The molecule has 1 atom stereocenters. The maximum Gasteiger partial charge on any atom is 0.269 e. The molecule has 1 unspecified atom stereocenters. The Morgan fingerprint density at radius 1 is 1.40 bits per heavy atom. The van der Waals surface area contributed by atoms with E-state index < -0.39 is 0 Å². The van der Waals surface area contributed by atoms with Crippen LogP contribution in [0, 0.1) is 10.1 Å². The van der Waals surface area contributed by atoms with E-state index in [9.17, 15) is 10.1 Å². The van der Waals surface area contributed by atoms with E-state index in [-0.39, 0.29) is 10.6 Å². The molecule has 1 N–H and O–H groups in total. The molecule has 2 aliphatic heterocycles. The first-order valence-electron chi connectivity index (χ1n) is 8.68. The van der Waals surface area contributed by atoms with E-state index in [4.69, 9.17) is 4.74 Å². The van der Waals surface area contributed by atoms with Crippen LogP contribution in [-0.4, -0.2) is 73.2 Å². The smallest absolute Gasteiger partial charge is 0.269 e. The number of non-ortho nitro benzene ring substituents is 1. The van der Waals surface area contributed by atoms with E-state index in [2.05, 4.69) is 20.1 Å². The van der Waals surface area contributed by atoms with Crippen molar-refractivity contribution in [1.29, 1.82) is 0 Å². The summed E-state index contributed by atoms with van der Waals surface area (Å²) in [5.74, 6) is 0.849. The van der Waals surface area contributed by atoms with E-state index in [0.717, 1.165) is 57.3 Å². The topological polar surface area (TPSA) is 83.2 Å². The Morgan fingerprint density at radius 2 is 2.20 bits per heavy atom. The molecule has 2 fully saturated rings. The van der Waals surface area contributed by atoms with Gasteiger partial charge in [0.15, 0.2) is 5.96 Å². The summed E-state index contributed by atoms with van der Waals surface area (Å²) >= 11 is 0. The van der Waals surface area contributed by atoms with Gasteiger partial charge in [0.1, 0.15) is 0 Å². The zero-order chi connectivity index (χ0) is 17.6. The monoisotopic (exact) mass is 347 g/mol. The molecule has 0 aliphatic carbocycles. The highest BCUT2D eigenvalue weighted by atomic mass is 16.6. The summed E-state index contributed by atoms with van der Waals surface area (Å²) in [5, 5.41) is 14.2. The molecule has 8 heteroatoms. The SMILES string of the molecule is CN=C(NCc1cccc([N+](=O)[O-])c1)N1CCC(N2CCOCC2)C1. The van der Waals surface area contributed by atoms with E-state index in [0.29, 0.717) is 12.6 Å². The first kappa shape index (κ1) is 17.6. The average Bonchev–Trinajstić information content (AvgIpc) is 3.13. The van der Waals surface area contributed by atoms with Crippen molar-refractivity contribution in [3.05, 3.63) is 39.9 Å². The molecule has 0 radical (unpaired) electrons. The van der Waals surface area contributed by atoms with Crippen molar-refractivity contribution in [3.63, 3.8) is 0 Å². The van der Waals surface area contributed by atoms with Gasteiger partial charge in [-0.1, -0.05) is 12.1 Å². The number of rotatable bonds is 4. The number of guanidine groups is 1. The Bertz CT molecular complexity index is 630. The van der Waals surface area contributed by atoms with Crippen LogP contribution in [0.15, 0.2) is 29.3 Å². The Kier molecular flexibility index (Phi) is 5.83. The third kappa shape index (κ3) is 4.46. The fraction of sp³-hybridized carbons (Fsp3) is 0.588. The second kappa shape index (κ2) is 8.26. The Morgan fingerprint density at radius 3 is 2.92 bits per heavy atom. The lowest BCUT2D eigenvalue weighted by Gasteiger charge is -2.32. The molecule has 0 saturated carbocycles. The van der Waals surface area contributed by atoms with Crippen LogP contribution < -0.4 is 5.32 Å². The van der Waals surface area contributed by atoms with Gasteiger partial charge < -0.3 is 15.0 Å². The molecular formula is C17H25N5O3. The number of aliphatic imine (C=N–C) groups is 1. The molecule has 136 valence electrons. The van der Waals surface area contributed by atoms with Gasteiger partial charge in [0, 0.05) is 57.9 Å². The number of morpholine rings is 1. The molecule has 0 aromatic heterocycles. The fourth-order valence-corrected chi connectivity index (χ4v) is 3.47. The lowest BCUT2D eigenvalue weighted by Crippen LogP contribution is -2.46. The molecule has 0 amide bonds. The normalized spacial score (nSPS) is 22.2. The number of nitro benzene ring substituents is 1. The minimum absolute atomic E-state index is 0.114. The first-order valence-corrected chi connectivity index (χ1v) is 8.68. The number of ether oxygens (including phenoxy) is 1. The minimum Gasteiger partial charge on any atom is -0.379 e. The third-order valence-electron chi connectivity index (χ3n) is 4.81. The third-order valence-corrected chi connectivity index (χ3v) is 4.81. The second-order valence-electron chi connectivity index (χ2n) is 6.36. The summed E-state index contributed by atoms with van der Waals surface area (Å²) in [6, 6.07) is 7.24. The first-order chi connectivity index (χ1) is 12.2. The van der Waals surface area contributed by atoms with E-state index in [1.54, 1.807) is 19.2 Å². The van der Waals surface area contributed by atoms with Crippen LogP contribution in [0.2, 0.25) is 0 Å². The van der Waals surface area contributed by atoms with Crippen molar-refractivity contribution in [1.82, 2.24) is 15.1 Å². The highest BCUT2D eigenvalue weighted by molar-refractivity contribution is 5.80. The van der Waals surface area contributed by atoms with Gasteiger partial charge in [-0.3, -0.25) is 20.0 Å².